The molecule has 0 saturated heterocycles. The second kappa shape index (κ2) is 11.2. The van der Waals surface area contributed by atoms with Gasteiger partial charge < -0.3 is 14.5 Å². The van der Waals surface area contributed by atoms with Gasteiger partial charge in [0, 0.05) is 25.4 Å². The van der Waals surface area contributed by atoms with Crippen LogP contribution in [0, 0.1) is 13.8 Å². The zero-order valence-electron chi connectivity index (χ0n) is 15.7. The van der Waals surface area contributed by atoms with Crippen molar-refractivity contribution in [3.63, 3.8) is 0 Å². The van der Waals surface area contributed by atoms with E-state index >= 15 is 0 Å². The lowest BCUT2D eigenvalue weighted by Gasteiger charge is -2.16. The van der Waals surface area contributed by atoms with Crippen LogP contribution >= 0.6 is 0 Å². The van der Waals surface area contributed by atoms with Crippen LogP contribution in [0.25, 0.3) is 0 Å². The lowest BCUT2D eigenvalue weighted by molar-refractivity contribution is 0.291. The Morgan fingerprint density at radius 2 is 1.59 bits per heavy atom. The first-order valence-electron chi connectivity index (χ1n) is 8.21. The van der Waals surface area contributed by atoms with Crippen LogP contribution in [0.1, 0.15) is 44.9 Å². The van der Waals surface area contributed by atoms with Crippen LogP contribution in [0.3, 0.4) is 0 Å². The summed E-state index contributed by atoms with van der Waals surface area (Å²) >= 11 is 0. The number of aryl methyl sites for hydroxylation is 1. The van der Waals surface area contributed by atoms with Gasteiger partial charge in [-0.2, -0.15) is 4.98 Å². The maximum atomic E-state index is 5.43. The highest BCUT2D eigenvalue weighted by molar-refractivity contribution is 5.47. The van der Waals surface area contributed by atoms with Crippen LogP contribution in [-0.2, 0) is 0 Å². The molecule has 5 heteroatoms. The zero-order valence-corrected chi connectivity index (χ0v) is 15.7. The standard InChI is InChI=1S/C11H19N3O.C6H15N/c1-6-7-15-11-12-9(3)8(2)10(13-11)14(4)5;1-4-6-7(3)5-2/h6-7H2,1-5H3;4-6H2,1-3H3. The molecular formula is C17H34N4O. The molecule has 128 valence electrons. The molecule has 0 amide bonds. The molecule has 0 N–H and O–H groups in total. The number of hydrogen-bond donors (Lipinski definition) is 0. The maximum Gasteiger partial charge on any atom is 0.318 e. The van der Waals surface area contributed by atoms with Gasteiger partial charge in [0.05, 0.1) is 6.61 Å². The van der Waals surface area contributed by atoms with Gasteiger partial charge in [-0.15, -0.1) is 0 Å². The fourth-order valence-corrected chi connectivity index (χ4v) is 1.82. The summed E-state index contributed by atoms with van der Waals surface area (Å²) in [5.41, 5.74) is 2.07. The smallest absolute Gasteiger partial charge is 0.318 e. The van der Waals surface area contributed by atoms with E-state index in [4.69, 9.17) is 4.74 Å². The van der Waals surface area contributed by atoms with Crippen molar-refractivity contribution in [1.82, 2.24) is 14.9 Å². The predicted octanol–water partition coefficient (Wildman–Crippen LogP) is 3.30. The first kappa shape index (κ1) is 20.6. The predicted molar refractivity (Wildman–Crippen MR) is 95.1 cm³/mol. The lowest BCUT2D eigenvalue weighted by Crippen LogP contribution is -2.17. The highest BCUT2D eigenvalue weighted by Crippen LogP contribution is 2.20. The van der Waals surface area contributed by atoms with Crippen molar-refractivity contribution in [2.24, 2.45) is 0 Å². The van der Waals surface area contributed by atoms with Crippen LogP contribution in [0.5, 0.6) is 6.01 Å². The molecule has 5 nitrogen and oxygen atoms in total. The molecule has 0 aromatic carbocycles. The third-order valence-corrected chi connectivity index (χ3v) is 3.35. The van der Waals surface area contributed by atoms with E-state index in [-0.39, 0.29) is 0 Å². The quantitative estimate of drug-likeness (QED) is 0.773. The minimum atomic E-state index is 0.476. The van der Waals surface area contributed by atoms with Gasteiger partial charge >= 0.3 is 6.01 Å². The van der Waals surface area contributed by atoms with Crippen molar-refractivity contribution in [3.8, 4) is 6.01 Å². The third-order valence-electron chi connectivity index (χ3n) is 3.35. The molecule has 0 aliphatic carbocycles. The molecule has 0 atom stereocenters. The maximum absolute atomic E-state index is 5.43. The van der Waals surface area contributed by atoms with Gasteiger partial charge in [-0.1, -0.05) is 20.8 Å². The van der Waals surface area contributed by atoms with Crippen molar-refractivity contribution in [3.05, 3.63) is 11.3 Å². The molecule has 1 aromatic rings. The summed E-state index contributed by atoms with van der Waals surface area (Å²) in [6.07, 6.45) is 2.23. The normalized spacial score (nSPS) is 10.2. The second-order valence-electron chi connectivity index (χ2n) is 5.68. The summed E-state index contributed by atoms with van der Waals surface area (Å²) in [6, 6.07) is 0.476. The first-order chi connectivity index (χ1) is 10.4. The largest absolute Gasteiger partial charge is 0.463 e. The van der Waals surface area contributed by atoms with Gasteiger partial charge in [0.2, 0.25) is 0 Å². The average molecular weight is 310 g/mol. The number of anilines is 1. The van der Waals surface area contributed by atoms with Crippen molar-refractivity contribution < 1.29 is 4.74 Å². The molecule has 0 unspecified atom stereocenters. The van der Waals surface area contributed by atoms with Crippen molar-refractivity contribution in [2.45, 2.75) is 47.5 Å². The monoisotopic (exact) mass is 310 g/mol. The van der Waals surface area contributed by atoms with Gasteiger partial charge in [0.15, 0.2) is 0 Å². The summed E-state index contributed by atoms with van der Waals surface area (Å²) < 4.78 is 5.43. The minimum Gasteiger partial charge on any atom is -0.463 e. The Kier molecular flexibility index (Phi) is 10.5. The van der Waals surface area contributed by atoms with E-state index in [1.165, 1.54) is 19.5 Å². The van der Waals surface area contributed by atoms with Gasteiger partial charge in [0.25, 0.3) is 0 Å². The molecule has 0 radical (unpaired) electrons. The highest BCUT2D eigenvalue weighted by Gasteiger charge is 2.09. The van der Waals surface area contributed by atoms with Crippen molar-refractivity contribution >= 4 is 5.82 Å². The molecule has 1 rings (SSSR count). The van der Waals surface area contributed by atoms with Crippen LogP contribution in [0.15, 0.2) is 0 Å². The number of aromatic nitrogens is 2. The number of nitrogens with zero attached hydrogens (tertiary/aromatic N) is 4. The molecule has 1 heterocycles. The zero-order chi connectivity index (χ0) is 17.1. The Hall–Kier alpha value is -1.36. The fraction of sp³-hybridized carbons (Fsp3) is 0.765. The number of hydrogen-bond acceptors (Lipinski definition) is 5. The lowest BCUT2D eigenvalue weighted by atomic mass is 10.2. The molecular weight excluding hydrogens is 276 g/mol. The van der Waals surface area contributed by atoms with Gasteiger partial charge in [-0.05, 0) is 46.8 Å². The second-order valence-corrected chi connectivity index (χ2v) is 5.68. The van der Waals surface area contributed by atoms with E-state index < -0.39 is 0 Å². The van der Waals surface area contributed by atoms with Crippen LogP contribution in [0.2, 0.25) is 0 Å². The first-order valence-corrected chi connectivity index (χ1v) is 8.21. The summed E-state index contributed by atoms with van der Waals surface area (Å²) in [7, 11) is 6.08. The van der Waals surface area contributed by atoms with Crippen LogP contribution in [0.4, 0.5) is 5.82 Å². The summed E-state index contributed by atoms with van der Waals surface area (Å²) in [6.45, 7) is 13.5. The molecule has 0 fully saturated rings. The molecule has 22 heavy (non-hydrogen) atoms. The fourth-order valence-electron chi connectivity index (χ4n) is 1.82. The van der Waals surface area contributed by atoms with E-state index in [1.807, 2.05) is 32.8 Å². The highest BCUT2D eigenvalue weighted by atomic mass is 16.5. The summed E-state index contributed by atoms with van der Waals surface area (Å²) in [5, 5.41) is 0. The van der Waals surface area contributed by atoms with E-state index in [2.05, 4.69) is 42.7 Å². The van der Waals surface area contributed by atoms with E-state index in [1.54, 1.807) is 0 Å². The average Bonchev–Trinajstić information content (AvgIpc) is 2.48. The Morgan fingerprint density at radius 3 is 2.00 bits per heavy atom. The molecule has 0 aliphatic heterocycles. The molecule has 0 spiro atoms. The van der Waals surface area contributed by atoms with Gasteiger partial charge in [-0.3, -0.25) is 0 Å². The molecule has 0 bridgehead atoms. The summed E-state index contributed by atoms with van der Waals surface area (Å²) in [4.78, 5) is 12.9. The SMILES string of the molecule is CCCN(C)CC.CCCOc1nc(C)c(C)c(N(C)C)n1. The van der Waals surface area contributed by atoms with Crippen LogP contribution in [-0.4, -0.2) is 55.7 Å². The van der Waals surface area contributed by atoms with Gasteiger partial charge in [0.1, 0.15) is 5.82 Å². The van der Waals surface area contributed by atoms with Crippen molar-refractivity contribution in [2.75, 3.05) is 45.7 Å². The molecule has 1 aromatic heterocycles. The molecule has 0 saturated carbocycles. The third kappa shape index (κ3) is 7.59. The Balaban J connectivity index is 0.000000534. The summed E-state index contributed by atoms with van der Waals surface area (Å²) in [5.74, 6) is 0.925. The van der Waals surface area contributed by atoms with Gasteiger partial charge in [-0.25, -0.2) is 4.98 Å². The van der Waals surface area contributed by atoms with E-state index in [9.17, 15) is 0 Å². The Labute approximate surface area is 136 Å². The van der Waals surface area contributed by atoms with E-state index in [0.29, 0.717) is 12.6 Å². The Morgan fingerprint density at radius 1 is 0.955 bits per heavy atom. The molecule has 0 aliphatic rings. The topological polar surface area (TPSA) is 41.5 Å². The minimum absolute atomic E-state index is 0.476. The van der Waals surface area contributed by atoms with E-state index in [0.717, 1.165) is 23.5 Å². The van der Waals surface area contributed by atoms with Crippen molar-refractivity contribution in [1.29, 1.82) is 0 Å². The number of rotatable bonds is 7. The van der Waals surface area contributed by atoms with Crippen LogP contribution < -0.4 is 9.64 Å². The Bertz CT molecular complexity index is 421. The number of ether oxygens (including phenoxy) is 1.